The predicted octanol–water partition coefficient (Wildman–Crippen LogP) is 6.54. The van der Waals surface area contributed by atoms with Gasteiger partial charge in [0.2, 0.25) is 0 Å². The molecule has 0 aliphatic rings. The molecular formula is C24H31N3. The lowest BCUT2D eigenvalue weighted by molar-refractivity contribution is 0.302. The second-order valence-electron chi connectivity index (χ2n) is 9.46. The zero-order valence-corrected chi connectivity index (χ0v) is 17.6. The molecule has 0 radical (unpaired) electrons. The van der Waals surface area contributed by atoms with Crippen LogP contribution in [0.3, 0.4) is 0 Å². The molecule has 0 unspecified atom stereocenters. The van der Waals surface area contributed by atoms with Gasteiger partial charge in [0.1, 0.15) is 5.69 Å². The van der Waals surface area contributed by atoms with Crippen molar-refractivity contribution < 1.29 is 0 Å². The van der Waals surface area contributed by atoms with Gasteiger partial charge < -0.3 is 5.32 Å². The smallest absolute Gasteiger partial charge is 0.153 e. The molecule has 0 spiro atoms. The molecule has 0 saturated carbocycles. The molecule has 3 rings (SSSR count). The molecule has 3 heteroatoms. The van der Waals surface area contributed by atoms with E-state index in [1.165, 1.54) is 11.1 Å². The lowest BCUT2D eigenvalue weighted by Crippen LogP contribution is -2.36. The van der Waals surface area contributed by atoms with Crippen molar-refractivity contribution in [1.29, 1.82) is 0 Å². The Morgan fingerprint density at radius 2 is 1.37 bits per heavy atom. The average Bonchev–Trinajstić information content (AvgIpc) is 2.54. The quantitative estimate of drug-likeness (QED) is 0.573. The molecule has 0 bridgehead atoms. The topological polar surface area (TPSA) is 37.8 Å². The number of benzene rings is 2. The van der Waals surface area contributed by atoms with Crippen molar-refractivity contribution in [3.63, 3.8) is 0 Å². The number of nitrogens with one attached hydrogen (secondary N) is 1. The number of rotatable bonds is 4. The summed E-state index contributed by atoms with van der Waals surface area (Å²) >= 11 is 0. The summed E-state index contributed by atoms with van der Waals surface area (Å²) in [6, 6.07) is 14.6. The Bertz CT molecular complexity index is 951. The van der Waals surface area contributed by atoms with E-state index in [9.17, 15) is 0 Å². The fraction of sp³-hybridized carbons (Fsp3) is 0.417. The van der Waals surface area contributed by atoms with E-state index >= 15 is 0 Å². The summed E-state index contributed by atoms with van der Waals surface area (Å²) in [7, 11) is 0. The Balaban J connectivity index is 2.15. The van der Waals surface area contributed by atoms with Crippen LogP contribution in [-0.2, 0) is 0 Å². The first-order valence-corrected chi connectivity index (χ1v) is 9.67. The van der Waals surface area contributed by atoms with Gasteiger partial charge in [0.15, 0.2) is 5.82 Å². The van der Waals surface area contributed by atoms with E-state index in [4.69, 9.17) is 9.97 Å². The number of nitrogens with zero attached hydrogens (tertiary/aromatic N) is 2. The molecule has 0 aliphatic carbocycles. The minimum atomic E-state index is -0.0934. The molecule has 3 aromatic rings. The molecule has 3 nitrogen and oxygen atoms in total. The lowest BCUT2D eigenvalue weighted by Gasteiger charge is -2.34. The maximum absolute atomic E-state index is 5.00. The second kappa shape index (κ2) is 6.95. The molecule has 2 aromatic carbocycles. The predicted molar refractivity (Wildman–Crippen MR) is 116 cm³/mol. The monoisotopic (exact) mass is 361 g/mol. The molecule has 0 fully saturated rings. The Labute approximate surface area is 163 Å². The summed E-state index contributed by atoms with van der Waals surface area (Å²) in [5.41, 5.74) is 6.48. The summed E-state index contributed by atoms with van der Waals surface area (Å²) in [5, 5.41) is 3.69. The molecule has 0 amide bonds. The Morgan fingerprint density at radius 3 is 1.93 bits per heavy atom. The van der Waals surface area contributed by atoms with Crippen molar-refractivity contribution in [3.8, 4) is 11.3 Å². The number of hydrogen-bond acceptors (Lipinski definition) is 3. The summed E-state index contributed by atoms with van der Waals surface area (Å²) in [4.78, 5) is 10.00. The van der Waals surface area contributed by atoms with E-state index in [1.54, 1.807) is 0 Å². The van der Waals surface area contributed by atoms with Crippen LogP contribution >= 0.6 is 0 Å². The van der Waals surface area contributed by atoms with Gasteiger partial charge in [0.25, 0.3) is 0 Å². The first-order chi connectivity index (χ1) is 12.5. The zero-order valence-electron chi connectivity index (χ0n) is 17.6. The van der Waals surface area contributed by atoms with Gasteiger partial charge in [-0.3, -0.25) is 0 Å². The van der Waals surface area contributed by atoms with E-state index in [0.717, 1.165) is 34.5 Å². The van der Waals surface area contributed by atoms with Gasteiger partial charge >= 0.3 is 0 Å². The molecule has 27 heavy (non-hydrogen) atoms. The first-order valence-electron chi connectivity index (χ1n) is 9.67. The summed E-state index contributed by atoms with van der Waals surface area (Å²) < 4.78 is 0. The number of anilines is 1. The maximum atomic E-state index is 5.00. The van der Waals surface area contributed by atoms with Crippen molar-refractivity contribution in [1.82, 2.24) is 9.97 Å². The van der Waals surface area contributed by atoms with Gasteiger partial charge in [-0.1, -0.05) is 51.1 Å². The highest BCUT2D eigenvalue weighted by atomic mass is 15.1. The molecule has 142 valence electrons. The Kier molecular flexibility index (Phi) is 4.98. The fourth-order valence-corrected chi connectivity index (χ4v) is 3.89. The van der Waals surface area contributed by atoms with Crippen LogP contribution in [0.1, 0.15) is 52.2 Å². The third-order valence-electron chi connectivity index (χ3n) is 4.76. The summed E-state index contributed by atoms with van der Waals surface area (Å²) in [6.07, 6.45) is 1.03. The van der Waals surface area contributed by atoms with Crippen LogP contribution in [0.25, 0.3) is 22.3 Å². The SMILES string of the molecule is Cc1cc2nc(NC(C)(C)CC(C)(C)C)c(-c3ccccc3)nc2cc1C. The van der Waals surface area contributed by atoms with Gasteiger partial charge in [-0.25, -0.2) is 9.97 Å². The van der Waals surface area contributed by atoms with Gasteiger partial charge in [0.05, 0.1) is 11.0 Å². The van der Waals surface area contributed by atoms with Crippen LogP contribution in [0.2, 0.25) is 0 Å². The standard InChI is InChI=1S/C24H31N3/c1-16-13-19-20(14-17(16)2)26-22(27-24(6,7)15-23(3,4)5)21(25-19)18-11-9-8-10-12-18/h8-14H,15H2,1-7H3,(H,26,27). The molecule has 0 saturated heterocycles. The molecule has 1 heterocycles. The van der Waals surface area contributed by atoms with E-state index in [2.05, 4.69) is 78.0 Å². The first kappa shape index (κ1) is 19.3. The van der Waals surface area contributed by atoms with Crippen LogP contribution in [0.5, 0.6) is 0 Å². The molecular weight excluding hydrogens is 330 g/mol. The van der Waals surface area contributed by atoms with Crippen LogP contribution < -0.4 is 5.32 Å². The van der Waals surface area contributed by atoms with Crippen molar-refractivity contribution in [2.75, 3.05) is 5.32 Å². The number of hydrogen-bond donors (Lipinski definition) is 1. The van der Waals surface area contributed by atoms with E-state index in [1.807, 2.05) is 18.2 Å². The van der Waals surface area contributed by atoms with E-state index < -0.39 is 0 Å². The minimum Gasteiger partial charge on any atom is -0.363 e. The van der Waals surface area contributed by atoms with Crippen molar-refractivity contribution in [3.05, 3.63) is 53.6 Å². The number of aryl methyl sites for hydroxylation is 2. The summed E-state index contributed by atoms with van der Waals surface area (Å²) in [5.74, 6) is 0.853. The maximum Gasteiger partial charge on any atom is 0.153 e. The van der Waals surface area contributed by atoms with E-state index in [0.29, 0.717) is 0 Å². The molecule has 1 aromatic heterocycles. The molecule has 1 N–H and O–H groups in total. The zero-order chi connectivity index (χ0) is 19.8. The van der Waals surface area contributed by atoms with Crippen LogP contribution in [0.4, 0.5) is 5.82 Å². The third-order valence-corrected chi connectivity index (χ3v) is 4.76. The highest BCUT2D eigenvalue weighted by Crippen LogP contribution is 2.33. The molecule has 0 atom stereocenters. The molecule has 0 aliphatic heterocycles. The van der Waals surface area contributed by atoms with Gasteiger partial charge in [-0.2, -0.15) is 0 Å². The largest absolute Gasteiger partial charge is 0.363 e. The lowest BCUT2D eigenvalue weighted by atomic mass is 9.82. The van der Waals surface area contributed by atoms with Crippen molar-refractivity contribution >= 4 is 16.9 Å². The second-order valence-corrected chi connectivity index (χ2v) is 9.46. The van der Waals surface area contributed by atoms with Gasteiger partial charge in [0, 0.05) is 11.1 Å². The highest BCUT2D eigenvalue weighted by Gasteiger charge is 2.27. The van der Waals surface area contributed by atoms with Crippen LogP contribution in [0, 0.1) is 19.3 Å². The normalized spacial score (nSPS) is 12.4. The fourth-order valence-electron chi connectivity index (χ4n) is 3.89. The van der Waals surface area contributed by atoms with Gasteiger partial charge in [-0.15, -0.1) is 0 Å². The van der Waals surface area contributed by atoms with Crippen LogP contribution in [0.15, 0.2) is 42.5 Å². The number of fused-ring (bicyclic) bond motifs is 1. The van der Waals surface area contributed by atoms with Gasteiger partial charge in [-0.05, 0) is 62.8 Å². The summed E-state index contributed by atoms with van der Waals surface area (Å²) in [6.45, 7) is 15.5. The Morgan fingerprint density at radius 1 is 0.815 bits per heavy atom. The van der Waals surface area contributed by atoms with E-state index in [-0.39, 0.29) is 11.0 Å². The average molecular weight is 362 g/mol. The van der Waals surface area contributed by atoms with Crippen molar-refractivity contribution in [2.45, 2.75) is 60.4 Å². The Hall–Kier alpha value is -2.42. The third kappa shape index (κ3) is 4.65. The van der Waals surface area contributed by atoms with Crippen molar-refractivity contribution in [2.24, 2.45) is 5.41 Å². The number of aromatic nitrogens is 2. The minimum absolute atomic E-state index is 0.0934. The van der Waals surface area contributed by atoms with Crippen LogP contribution in [-0.4, -0.2) is 15.5 Å². The highest BCUT2D eigenvalue weighted by molar-refractivity contribution is 5.84.